The van der Waals surface area contributed by atoms with E-state index in [1.54, 1.807) is 13.8 Å². The van der Waals surface area contributed by atoms with E-state index < -0.39 is 23.7 Å². The summed E-state index contributed by atoms with van der Waals surface area (Å²) in [6.45, 7) is 3.21. The molecule has 0 spiro atoms. The van der Waals surface area contributed by atoms with Gasteiger partial charge in [-0.2, -0.15) is 13.2 Å². The Morgan fingerprint density at radius 3 is 2.40 bits per heavy atom. The molecule has 0 bridgehead atoms. The second kappa shape index (κ2) is 5.14. The molecule has 0 saturated heterocycles. The minimum atomic E-state index is -4.58. The fourth-order valence-corrected chi connectivity index (χ4v) is 2.81. The number of alkyl halides is 3. The second-order valence-corrected chi connectivity index (χ2v) is 5.37. The fraction of sp³-hybridized carbons (Fsp3) is 0.308. The molecule has 0 saturated carbocycles. The summed E-state index contributed by atoms with van der Waals surface area (Å²) in [6.07, 6.45) is -5.33. The number of aliphatic hydroxyl groups excluding tert-OH is 1. The van der Waals surface area contributed by atoms with Gasteiger partial charge in [-0.1, -0.05) is 0 Å². The Labute approximate surface area is 116 Å². The van der Waals surface area contributed by atoms with Gasteiger partial charge in [0.2, 0.25) is 0 Å². The third kappa shape index (κ3) is 2.83. The summed E-state index contributed by atoms with van der Waals surface area (Å²) in [4.78, 5) is 4.66. The van der Waals surface area contributed by atoms with E-state index in [0.717, 1.165) is 23.5 Å². The quantitative estimate of drug-likeness (QED) is 0.838. The molecule has 2 rings (SSSR count). The monoisotopic (exact) mass is 305 g/mol. The molecular formula is C13H11F4NOS. The Morgan fingerprint density at radius 2 is 1.95 bits per heavy atom. The maximum atomic E-state index is 13.8. The molecule has 1 heterocycles. The molecule has 0 amide bonds. The summed E-state index contributed by atoms with van der Waals surface area (Å²) in [5.41, 5.74) is -0.500. The van der Waals surface area contributed by atoms with Gasteiger partial charge < -0.3 is 5.11 Å². The van der Waals surface area contributed by atoms with E-state index in [1.807, 2.05) is 0 Å². The standard InChI is InChI=1S/C13H11F4NOS/c1-6-11(7(2)19)20-12(18-6)9-4-3-8(5-10(9)14)13(15,16)17/h3-5,7,19H,1-2H3. The van der Waals surface area contributed by atoms with Crippen molar-refractivity contribution < 1.29 is 22.7 Å². The van der Waals surface area contributed by atoms with Gasteiger partial charge in [0.15, 0.2) is 0 Å². The molecule has 1 unspecified atom stereocenters. The molecule has 1 aromatic heterocycles. The first kappa shape index (κ1) is 14.9. The number of rotatable bonds is 2. The summed E-state index contributed by atoms with van der Waals surface area (Å²) in [6, 6.07) is 2.33. The summed E-state index contributed by atoms with van der Waals surface area (Å²) in [5, 5.41) is 9.77. The predicted molar refractivity (Wildman–Crippen MR) is 67.9 cm³/mol. The Hall–Kier alpha value is -1.47. The maximum Gasteiger partial charge on any atom is 0.416 e. The zero-order valence-electron chi connectivity index (χ0n) is 10.6. The lowest BCUT2D eigenvalue weighted by atomic mass is 10.1. The molecule has 1 atom stereocenters. The largest absolute Gasteiger partial charge is 0.416 e. The number of halogens is 4. The molecule has 108 valence electrons. The molecule has 0 aliphatic carbocycles. The Balaban J connectivity index is 2.46. The highest BCUT2D eigenvalue weighted by molar-refractivity contribution is 7.15. The molecule has 0 aliphatic rings. The van der Waals surface area contributed by atoms with Crippen LogP contribution in [0.3, 0.4) is 0 Å². The lowest BCUT2D eigenvalue weighted by Crippen LogP contribution is -2.05. The molecule has 2 nitrogen and oxygen atoms in total. The van der Waals surface area contributed by atoms with Crippen LogP contribution in [-0.2, 0) is 6.18 Å². The van der Waals surface area contributed by atoms with Crippen molar-refractivity contribution in [2.45, 2.75) is 26.1 Å². The lowest BCUT2D eigenvalue weighted by molar-refractivity contribution is -0.137. The number of hydrogen-bond acceptors (Lipinski definition) is 3. The predicted octanol–water partition coefficient (Wildman–Crippen LogP) is 4.33. The van der Waals surface area contributed by atoms with E-state index >= 15 is 0 Å². The number of aryl methyl sites for hydroxylation is 1. The smallest absolute Gasteiger partial charge is 0.388 e. The van der Waals surface area contributed by atoms with Crippen LogP contribution in [0.25, 0.3) is 10.6 Å². The van der Waals surface area contributed by atoms with Crippen molar-refractivity contribution in [3.63, 3.8) is 0 Å². The molecule has 1 N–H and O–H groups in total. The number of hydrogen-bond donors (Lipinski definition) is 1. The van der Waals surface area contributed by atoms with Crippen LogP contribution in [0.1, 0.15) is 29.2 Å². The van der Waals surface area contributed by atoms with E-state index in [2.05, 4.69) is 4.98 Å². The maximum absolute atomic E-state index is 13.8. The Morgan fingerprint density at radius 1 is 1.30 bits per heavy atom. The molecule has 1 aromatic carbocycles. The zero-order chi connectivity index (χ0) is 15.1. The lowest BCUT2D eigenvalue weighted by Gasteiger charge is -2.07. The van der Waals surface area contributed by atoms with Crippen molar-refractivity contribution in [2.75, 3.05) is 0 Å². The first-order chi connectivity index (χ1) is 9.20. The summed E-state index contributed by atoms with van der Waals surface area (Å²) in [5.74, 6) is -0.981. The number of benzene rings is 1. The number of nitrogens with zero attached hydrogens (tertiary/aromatic N) is 1. The van der Waals surface area contributed by atoms with Crippen LogP contribution in [0.4, 0.5) is 17.6 Å². The van der Waals surface area contributed by atoms with Crippen molar-refractivity contribution >= 4 is 11.3 Å². The molecule has 20 heavy (non-hydrogen) atoms. The van der Waals surface area contributed by atoms with E-state index in [4.69, 9.17) is 0 Å². The van der Waals surface area contributed by atoms with E-state index in [9.17, 15) is 22.7 Å². The SMILES string of the molecule is Cc1nc(-c2ccc(C(F)(F)F)cc2F)sc1C(C)O. The number of aliphatic hydroxyl groups is 1. The van der Waals surface area contributed by atoms with Crippen molar-refractivity contribution in [1.29, 1.82) is 0 Å². The van der Waals surface area contributed by atoms with E-state index in [0.29, 0.717) is 16.6 Å². The van der Waals surface area contributed by atoms with Crippen molar-refractivity contribution in [3.8, 4) is 10.6 Å². The third-order valence-corrected chi connectivity index (χ3v) is 4.10. The van der Waals surface area contributed by atoms with E-state index in [-0.39, 0.29) is 10.6 Å². The molecule has 0 aliphatic heterocycles. The van der Waals surface area contributed by atoms with E-state index in [1.165, 1.54) is 0 Å². The van der Waals surface area contributed by atoms with Gasteiger partial charge in [-0.25, -0.2) is 9.37 Å². The highest BCUT2D eigenvalue weighted by Crippen LogP contribution is 2.36. The zero-order valence-corrected chi connectivity index (χ0v) is 11.4. The summed E-state index contributed by atoms with van der Waals surface area (Å²) < 4.78 is 51.2. The Kier molecular flexibility index (Phi) is 3.84. The second-order valence-electron chi connectivity index (χ2n) is 4.34. The highest BCUT2D eigenvalue weighted by Gasteiger charge is 2.31. The molecular weight excluding hydrogens is 294 g/mol. The minimum absolute atomic E-state index is 0.00185. The van der Waals surface area contributed by atoms with Gasteiger partial charge >= 0.3 is 6.18 Å². The van der Waals surface area contributed by atoms with Crippen LogP contribution in [0.5, 0.6) is 0 Å². The minimum Gasteiger partial charge on any atom is -0.388 e. The Bertz CT molecular complexity index is 634. The average Bonchev–Trinajstić information content (AvgIpc) is 2.69. The topological polar surface area (TPSA) is 33.1 Å². The van der Waals surface area contributed by atoms with Gasteiger partial charge in [-0.15, -0.1) is 11.3 Å². The summed E-state index contributed by atoms with van der Waals surface area (Å²) >= 11 is 1.07. The number of thiazole rings is 1. The molecule has 0 fully saturated rings. The molecule has 0 radical (unpaired) electrons. The van der Waals surface area contributed by atoms with Crippen molar-refractivity contribution in [1.82, 2.24) is 4.98 Å². The third-order valence-electron chi connectivity index (χ3n) is 2.74. The van der Waals surface area contributed by atoms with Crippen LogP contribution in [0.2, 0.25) is 0 Å². The number of aromatic nitrogens is 1. The fourth-order valence-electron chi connectivity index (χ4n) is 1.78. The van der Waals surface area contributed by atoms with Crippen LogP contribution < -0.4 is 0 Å². The van der Waals surface area contributed by atoms with Crippen molar-refractivity contribution in [2.24, 2.45) is 0 Å². The average molecular weight is 305 g/mol. The van der Waals surface area contributed by atoms with Gasteiger partial charge in [0.25, 0.3) is 0 Å². The van der Waals surface area contributed by atoms with Gasteiger partial charge in [-0.3, -0.25) is 0 Å². The van der Waals surface area contributed by atoms with Gasteiger partial charge in [0.1, 0.15) is 10.8 Å². The van der Waals surface area contributed by atoms with Gasteiger partial charge in [0.05, 0.1) is 22.2 Å². The van der Waals surface area contributed by atoms with Gasteiger partial charge in [0, 0.05) is 5.56 Å². The summed E-state index contributed by atoms with van der Waals surface area (Å²) in [7, 11) is 0. The first-order valence-corrected chi connectivity index (χ1v) is 6.54. The first-order valence-electron chi connectivity index (χ1n) is 5.72. The highest BCUT2D eigenvalue weighted by atomic mass is 32.1. The van der Waals surface area contributed by atoms with Crippen LogP contribution in [-0.4, -0.2) is 10.1 Å². The van der Waals surface area contributed by atoms with Crippen molar-refractivity contribution in [3.05, 3.63) is 40.2 Å². The molecule has 2 aromatic rings. The normalized spacial score (nSPS) is 13.6. The van der Waals surface area contributed by atoms with Gasteiger partial charge in [-0.05, 0) is 32.0 Å². The van der Waals surface area contributed by atoms with Crippen LogP contribution >= 0.6 is 11.3 Å². The van der Waals surface area contributed by atoms with Crippen LogP contribution in [0, 0.1) is 12.7 Å². The molecule has 7 heteroatoms. The van der Waals surface area contributed by atoms with Crippen LogP contribution in [0.15, 0.2) is 18.2 Å².